The molecule has 3 fully saturated rings. The van der Waals surface area contributed by atoms with Crippen LogP contribution in [0.5, 0.6) is 0 Å². The first-order chi connectivity index (χ1) is 10.3. The van der Waals surface area contributed by atoms with Crippen molar-refractivity contribution in [2.75, 3.05) is 52.4 Å². The second-order valence-electron chi connectivity index (χ2n) is 6.66. The van der Waals surface area contributed by atoms with Gasteiger partial charge in [0.05, 0.1) is 0 Å². The Kier molecular flexibility index (Phi) is 7.38. The molecule has 0 N–H and O–H groups in total. The Bertz CT molecular complexity index is 275. The predicted molar refractivity (Wildman–Crippen MR) is 92.3 cm³/mol. The van der Waals surface area contributed by atoms with Crippen LogP contribution in [0.1, 0.15) is 52.4 Å². The highest BCUT2D eigenvalue weighted by Gasteiger charge is 2.62. The predicted octanol–water partition coefficient (Wildman–Crippen LogP) is 0.297. The van der Waals surface area contributed by atoms with E-state index in [1.807, 2.05) is 0 Å². The zero-order chi connectivity index (χ0) is 14.7. The van der Waals surface area contributed by atoms with E-state index in [2.05, 4.69) is 32.5 Å². The van der Waals surface area contributed by atoms with Crippen molar-refractivity contribution < 1.29 is 12.4 Å². The van der Waals surface area contributed by atoms with Crippen LogP contribution in [0.2, 0.25) is 0 Å². The van der Waals surface area contributed by atoms with E-state index in [9.17, 15) is 0 Å². The molecule has 0 atom stereocenters. The first-order valence-corrected chi connectivity index (χ1v) is 10.8. The van der Waals surface area contributed by atoms with Gasteiger partial charge < -0.3 is 12.4 Å². The molecule has 0 aromatic carbocycles. The summed E-state index contributed by atoms with van der Waals surface area (Å²) in [4.78, 5) is 0. The summed E-state index contributed by atoms with van der Waals surface area (Å²) in [6, 6.07) is 0. The molecule has 0 bridgehead atoms. The SMILES string of the molecule is CCN(CC)[P+](N1CCCC1)(N1CCCC1)N1CCCC1.[Cl-]. The molecule has 0 radical (unpaired) electrons. The molecule has 0 unspecified atom stereocenters. The fourth-order valence-corrected chi connectivity index (χ4v) is 9.95. The van der Waals surface area contributed by atoms with Gasteiger partial charge in [0, 0.05) is 52.4 Å². The Morgan fingerprint density at radius 2 is 0.909 bits per heavy atom. The van der Waals surface area contributed by atoms with Crippen LogP contribution in [0.3, 0.4) is 0 Å². The summed E-state index contributed by atoms with van der Waals surface area (Å²) in [6.45, 7) is 15.1. The second-order valence-corrected chi connectivity index (χ2v) is 9.99. The molecule has 0 aliphatic carbocycles. The normalized spacial score (nSPS) is 25.2. The third kappa shape index (κ3) is 3.20. The Hall–Kier alpha value is 0.560. The maximum atomic E-state index is 2.93. The molecular formula is C16H34ClN4P. The summed E-state index contributed by atoms with van der Waals surface area (Å²) >= 11 is 0. The van der Waals surface area contributed by atoms with Gasteiger partial charge in [0.25, 0.3) is 0 Å². The summed E-state index contributed by atoms with van der Waals surface area (Å²) in [6.07, 6.45) is 8.44. The molecule has 0 saturated carbocycles. The molecule has 3 rings (SSSR count). The minimum Gasteiger partial charge on any atom is -1.00 e. The highest BCUT2D eigenvalue weighted by Crippen LogP contribution is 2.72. The Morgan fingerprint density at radius 3 is 1.14 bits per heavy atom. The largest absolute Gasteiger partial charge is 1.00 e. The van der Waals surface area contributed by atoms with Crippen LogP contribution in [0, 0.1) is 0 Å². The van der Waals surface area contributed by atoms with E-state index < -0.39 is 7.87 Å². The lowest BCUT2D eigenvalue weighted by molar-refractivity contribution is -0.00000497. The number of hydrogen-bond acceptors (Lipinski definition) is 4. The summed E-state index contributed by atoms with van der Waals surface area (Å²) in [5.74, 6) is 0. The lowest BCUT2D eigenvalue weighted by Gasteiger charge is -2.48. The van der Waals surface area contributed by atoms with Crippen LogP contribution in [-0.2, 0) is 0 Å². The third-order valence-corrected chi connectivity index (χ3v) is 10.3. The molecule has 3 heterocycles. The molecule has 0 amide bonds. The molecule has 0 aromatic rings. The third-order valence-electron chi connectivity index (χ3n) is 5.50. The quantitative estimate of drug-likeness (QED) is 0.640. The highest BCUT2D eigenvalue weighted by atomic mass is 35.5. The van der Waals surface area contributed by atoms with Crippen molar-refractivity contribution in [3.8, 4) is 0 Å². The van der Waals surface area contributed by atoms with Crippen molar-refractivity contribution in [1.29, 1.82) is 0 Å². The maximum Gasteiger partial charge on any atom is 0.308 e. The molecule has 0 aromatic heterocycles. The van der Waals surface area contributed by atoms with Gasteiger partial charge in [-0.25, -0.2) is 0 Å². The minimum absolute atomic E-state index is 0. The van der Waals surface area contributed by atoms with Gasteiger partial charge in [0.15, 0.2) is 0 Å². The molecule has 22 heavy (non-hydrogen) atoms. The Balaban J connectivity index is 0.00000176. The van der Waals surface area contributed by atoms with Gasteiger partial charge in [-0.15, -0.1) is 18.7 Å². The summed E-state index contributed by atoms with van der Waals surface area (Å²) < 4.78 is 11.6. The Labute approximate surface area is 144 Å². The first kappa shape index (κ1) is 18.9. The van der Waals surface area contributed by atoms with Crippen LogP contribution in [0.15, 0.2) is 0 Å². The van der Waals surface area contributed by atoms with Gasteiger partial charge in [-0.2, -0.15) is 0 Å². The van der Waals surface area contributed by atoms with E-state index in [0.717, 1.165) is 0 Å². The Morgan fingerprint density at radius 1 is 0.636 bits per heavy atom. The summed E-state index contributed by atoms with van der Waals surface area (Å²) in [5, 5.41) is 0. The van der Waals surface area contributed by atoms with Crippen LogP contribution in [0.4, 0.5) is 0 Å². The average molecular weight is 349 g/mol. The lowest BCUT2D eigenvalue weighted by atomic mass is 10.4. The molecule has 0 spiro atoms. The molecule has 4 nitrogen and oxygen atoms in total. The number of hydrogen-bond donors (Lipinski definition) is 0. The zero-order valence-electron chi connectivity index (χ0n) is 14.5. The van der Waals surface area contributed by atoms with E-state index in [1.165, 1.54) is 90.9 Å². The van der Waals surface area contributed by atoms with Gasteiger partial charge in [-0.3, -0.25) is 0 Å². The molecule has 3 aliphatic heterocycles. The average Bonchev–Trinajstić information content (AvgIpc) is 3.28. The van der Waals surface area contributed by atoms with E-state index >= 15 is 0 Å². The number of halogens is 1. The van der Waals surface area contributed by atoms with Crippen LogP contribution < -0.4 is 12.4 Å². The van der Waals surface area contributed by atoms with Gasteiger partial charge in [0.1, 0.15) is 0 Å². The van der Waals surface area contributed by atoms with Crippen molar-refractivity contribution in [2.45, 2.75) is 52.4 Å². The molecule has 130 valence electrons. The van der Waals surface area contributed by atoms with Crippen LogP contribution in [-0.4, -0.2) is 71.0 Å². The monoisotopic (exact) mass is 348 g/mol. The highest BCUT2D eigenvalue weighted by molar-refractivity contribution is 7.66. The smallest absolute Gasteiger partial charge is 0.308 e. The zero-order valence-corrected chi connectivity index (χ0v) is 16.2. The molecular weight excluding hydrogens is 315 g/mol. The van der Waals surface area contributed by atoms with E-state index in [0.29, 0.717) is 0 Å². The summed E-state index contributed by atoms with van der Waals surface area (Å²) in [7, 11) is -1.42. The molecule has 6 heteroatoms. The minimum atomic E-state index is -1.42. The van der Waals surface area contributed by atoms with Crippen LogP contribution in [0.25, 0.3) is 0 Å². The molecule has 3 aliphatic rings. The molecule has 3 saturated heterocycles. The van der Waals surface area contributed by atoms with Crippen molar-refractivity contribution in [3.63, 3.8) is 0 Å². The summed E-state index contributed by atoms with van der Waals surface area (Å²) in [5.41, 5.74) is 0. The van der Waals surface area contributed by atoms with Crippen molar-refractivity contribution in [2.24, 2.45) is 0 Å². The number of nitrogens with zero attached hydrogens (tertiary/aromatic N) is 4. The second kappa shape index (κ2) is 8.60. The van der Waals surface area contributed by atoms with E-state index in [1.54, 1.807) is 0 Å². The van der Waals surface area contributed by atoms with Crippen molar-refractivity contribution in [1.82, 2.24) is 18.7 Å². The van der Waals surface area contributed by atoms with Gasteiger partial charge >= 0.3 is 7.87 Å². The van der Waals surface area contributed by atoms with Gasteiger partial charge in [-0.1, -0.05) is 0 Å². The van der Waals surface area contributed by atoms with Gasteiger partial charge in [-0.05, 0) is 52.4 Å². The topological polar surface area (TPSA) is 13.0 Å². The standard InChI is InChI=1S/C16H34N4P.ClH/c1-3-17(4-2)21(18-11-5-6-12-18,19-13-7-8-14-19)20-15-9-10-16-20;/h3-16H2,1-2H3;1H/q+1;/p-1. The first-order valence-electron chi connectivity index (χ1n) is 9.24. The van der Waals surface area contributed by atoms with Crippen molar-refractivity contribution in [3.05, 3.63) is 0 Å². The lowest BCUT2D eigenvalue weighted by Crippen LogP contribution is -3.00. The fraction of sp³-hybridized carbons (Fsp3) is 1.00. The van der Waals surface area contributed by atoms with E-state index in [-0.39, 0.29) is 12.4 Å². The maximum absolute atomic E-state index is 2.93. The fourth-order valence-electron chi connectivity index (χ4n) is 4.58. The van der Waals surface area contributed by atoms with Crippen LogP contribution >= 0.6 is 7.87 Å². The van der Waals surface area contributed by atoms with E-state index in [4.69, 9.17) is 0 Å². The van der Waals surface area contributed by atoms with Gasteiger partial charge in [0.2, 0.25) is 0 Å². The van der Waals surface area contributed by atoms with Crippen molar-refractivity contribution >= 4 is 7.87 Å². The number of rotatable bonds is 6.